The minimum Gasteiger partial charge on any atom is -0.458 e. The van der Waals surface area contributed by atoms with E-state index >= 15 is 0 Å². The molecule has 0 radical (unpaired) electrons. The number of carbonyl (C=O) groups excluding carboxylic acids is 1. The van der Waals surface area contributed by atoms with Crippen LogP contribution < -0.4 is 0 Å². The number of rotatable bonds is 3. The van der Waals surface area contributed by atoms with Crippen molar-refractivity contribution < 1.29 is 19.1 Å². The van der Waals surface area contributed by atoms with Crippen molar-refractivity contribution in [2.45, 2.75) is 18.6 Å². The first-order chi connectivity index (χ1) is 8.17. The summed E-state index contributed by atoms with van der Waals surface area (Å²) in [5.41, 5.74) is 0. The summed E-state index contributed by atoms with van der Waals surface area (Å²) >= 11 is 3.25. The molecule has 0 saturated carbocycles. The Labute approximate surface area is 107 Å². The zero-order valence-electron chi connectivity index (χ0n) is 9.43. The molecule has 1 amide bonds. The van der Waals surface area contributed by atoms with E-state index in [1.165, 1.54) is 6.26 Å². The van der Waals surface area contributed by atoms with E-state index in [1.54, 1.807) is 18.1 Å². The molecule has 1 saturated heterocycles. The maximum absolute atomic E-state index is 12.2. The smallest absolute Gasteiger partial charge is 0.291 e. The van der Waals surface area contributed by atoms with Gasteiger partial charge in [0.1, 0.15) is 0 Å². The van der Waals surface area contributed by atoms with Crippen LogP contribution in [0.1, 0.15) is 17.0 Å². The fourth-order valence-corrected chi connectivity index (χ4v) is 2.41. The lowest BCUT2D eigenvalue weighted by Crippen LogP contribution is -2.38. The number of likely N-dealkylation sites (tertiary alicyclic amines) is 1. The molecule has 6 heteroatoms. The van der Waals surface area contributed by atoms with E-state index in [0.29, 0.717) is 17.4 Å². The first kappa shape index (κ1) is 12.6. The molecule has 1 N–H and O–H groups in total. The molecule has 1 aliphatic heterocycles. The van der Waals surface area contributed by atoms with Crippen LogP contribution in [0.4, 0.5) is 0 Å². The molecule has 2 rings (SSSR count). The van der Waals surface area contributed by atoms with Gasteiger partial charge in [-0.2, -0.15) is 0 Å². The topological polar surface area (TPSA) is 62.9 Å². The number of nitrogens with zero attached hydrogens (tertiary/aromatic N) is 1. The molecule has 2 atom stereocenters. The van der Waals surface area contributed by atoms with Crippen LogP contribution in [0.15, 0.2) is 21.2 Å². The lowest BCUT2D eigenvalue weighted by molar-refractivity contribution is 0.0616. The monoisotopic (exact) mass is 303 g/mol. The third kappa shape index (κ3) is 2.38. The van der Waals surface area contributed by atoms with Gasteiger partial charge in [0.25, 0.3) is 5.91 Å². The van der Waals surface area contributed by atoms with Gasteiger partial charge in [0.2, 0.25) is 5.76 Å². The SMILES string of the molecule is CO[C@H]1C[C@@H](CO)N(C(=O)c2occc2Br)C1. The van der Waals surface area contributed by atoms with E-state index in [4.69, 9.17) is 9.15 Å². The Morgan fingerprint density at radius 2 is 2.53 bits per heavy atom. The number of halogens is 1. The van der Waals surface area contributed by atoms with Gasteiger partial charge in [0.05, 0.1) is 29.5 Å². The summed E-state index contributed by atoms with van der Waals surface area (Å²) in [7, 11) is 1.61. The molecule has 1 fully saturated rings. The van der Waals surface area contributed by atoms with E-state index in [0.717, 1.165) is 0 Å². The number of hydrogen-bond acceptors (Lipinski definition) is 4. The molecule has 17 heavy (non-hydrogen) atoms. The molecule has 2 heterocycles. The minimum atomic E-state index is -0.222. The molecular formula is C11H14BrNO4. The Kier molecular flexibility index (Phi) is 3.86. The highest BCUT2D eigenvalue weighted by molar-refractivity contribution is 9.10. The van der Waals surface area contributed by atoms with Crippen LogP contribution in [0.25, 0.3) is 0 Å². The molecule has 1 aliphatic rings. The maximum Gasteiger partial charge on any atom is 0.291 e. The molecule has 0 spiro atoms. The summed E-state index contributed by atoms with van der Waals surface area (Å²) in [6.45, 7) is 0.414. The first-order valence-electron chi connectivity index (χ1n) is 5.35. The fourth-order valence-electron chi connectivity index (χ4n) is 2.04. The molecule has 5 nitrogen and oxygen atoms in total. The van der Waals surface area contributed by atoms with Crippen LogP contribution in [-0.2, 0) is 4.74 Å². The second kappa shape index (κ2) is 5.20. The fraction of sp³-hybridized carbons (Fsp3) is 0.545. The van der Waals surface area contributed by atoms with E-state index in [-0.39, 0.29) is 30.4 Å². The van der Waals surface area contributed by atoms with Crippen molar-refractivity contribution in [2.24, 2.45) is 0 Å². The van der Waals surface area contributed by atoms with Gasteiger partial charge < -0.3 is 19.2 Å². The third-order valence-electron chi connectivity index (χ3n) is 2.99. The van der Waals surface area contributed by atoms with Gasteiger partial charge in [-0.05, 0) is 28.4 Å². The Morgan fingerprint density at radius 1 is 1.76 bits per heavy atom. The largest absolute Gasteiger partial charge is 0.458 e. The first-order valence-corrected chi connectivity index (χ1v) is 6.14. The maximum atomic E-state index is 12.2. The predicted molar refractivity (Wildman–Crippen MR) is 63.7 cm³/mol. The van der Waals surface area contributed by atoms with Gasteiger partial charge in [0, 0.05) is 13.7 Å². The predicted octanol–water partition coefficient (Wildman–Crippen LogP) is 1.26. The highest BCUT2D eigenvalue weighted by Gasteiger charge is 2.36. The van der Waals surface area contributed by atoms with Crippen molar-refractivity contribution >= 4 is 21.8 Å². The number of furan rings is 1. The minimum absolute atomic E-state index is 0.0233. The Hall–Kier alpha value is -0.850. The summed E-state index contributed by atoms with van der Waals surface area (Å²) in [4.78, 5) is 13.8. The molecule has 0 aromatic carbocycles. The number of carbonyl (C=O) groups is 1. The average molecular weight is 304 g/mol. The second-order valence-corrected chi connectivity index (χ2v) is 4.84. The van der Waals surface area contributed by atoms with Crippen LogP contribution >= 0.6 is 15.9 Å². The number of methoxy groups -OCH3 is 1. The van der Waals surface area contributed by atoms with Crippen molar-refractivity contribution in [2.75, 3.05) is 20.3 Å². The van der Waals surface area contributed by atoms with Crippen LogP contribution in [0, 0.1) is 0 Å². The highest BCUT2D eigenvalue weighted by Crippen LogP contribution is 2.25. The molecule has 94 valence electrons. The summed E-state index contributed by atoms with van der Waals surface area (Å²) in [5, 5.41) is 9.27. The van der Waals surface area contributed by atoms with Crippen molar-refractivity contribution in [1.29, 1.82) is 0 Å². The van der Waals surface area contributed by atoms with Crippen molar-refractivity contribution in [3.63, 3.8) is 0 Å². The van der Waals surface area contributed by atoms with Crippen LogP contribution in [0.2, 0.25) is 0 Å². The van der Waals surface area contributed by atoms with Gasteiger partial charge in [0.15, 0.2) is 0 Å². The molecule has 1 aromatic heterocycles. The molecule has 0 bridgehead atoms. The average Bonchev–Trinajstić information content (AvgIpc) is 2.93. The van der Waals surface area contributed by atoms with Crippen LogP contribution in [-0.4, -0.2) is 48.3 Å². The Morgan fingerprint density at radius 3 is 3.06 bits per heavy atom. The second-order valence-electron chi connectivity index (χ2n) is 3.98. The lowest BCUT2D eigenvalue weighted by atomic mass is 10.2. The van der Waals surface area contributed by atoms with Gasteiger partial charge in [-0.25, -0.2) is 0 Å². The molecule has 0 unspecified atom stereocenters. The molecular weight excluding hydrogens is 290 g/mol. The Balaban J connectivity index is 2.16. The summed E-state index contributed by atoms with van der Waals surface area (Å²) in [5.74, 6) is 0.0423. The van der Waals surface area contributed by atoms with Gasteiger partial charge in [-0.15, -0.1) is 0 Å². The van der Waals surface area contributed by atoms with Gasteiger partial charge in [-0.1, -0.05) is 0 Å². The zero-order valence-corrected chi connectivity index (χ0v) is 11.0. The van der Waals surface area contributed by atoms with Gasteiger partial charge >= 0.3 is 0 Å². The van der Waals surface area contributed by atoms with Crippen molar-refractivity contribution in [3.8, 4) is 0 Å². The normalized spacial score (nSPS) is 24.3. The number of amides is 1. The standard InChI is InChI=1S/C11H14BrNO4/c1-16-8-4-7(6-14)13(5-8)11(15)10-9(12)2-3-17-10/h2-3,7-8,14H,4-6H2,1H3/t7-,8-/m0/s1. The van der Waals surface area contributed by atoms with E-state index in [9.17, 15) is 9.90 Å². The number of ether oxygens (including phenoxy) is 1. The lowest BCUT2D eigenvalue weighted by Gasteiger charge is -2.21. The van der Waals surface area contributed by atoms with Crippen LogP contribution in [0.5, 0.6) is 0 Å². The molecule has 1 aromatic rings. The van der Waals surface area contributed by atoms with Crippen molar-refractivity contribution in [3.05, 3.63) is 22.6 Å². The highest BCUT2D eigenvalue weighted by atomic mass is 79.9. The summed E-state index contributed by atoms with van der Waals surface area (Å²) in [6.07, 6.45) is 2.08. The number of aliphatic hydroxyl groups excluding tert-OH is 1. The number of hydrogen-bond donors (Lipinski definition) is 1. The summed E-state index contributed by atoms with van der Waals surface area (Å²) < 4.78 is 11.0. The van der Waals surface area contributed by atoms with Crippen LogP contribution in [0.3, 0.4) is 0 Å². The third-order valence-corrected chi connectivity index (χ3v) is 3.62. The van der Waals surface area contributed by atoms with E-state index in [1.807, 2.05) is 0 Å². The number of aliphatic hydroxyl groups is 1. The van der Waals surface area contributed by atoms with Crippen molar-refractivity contribution in [1.82, 2.24) is 4.90 Å². The zero-order chi connectivity index (χ0) is 12.4. The van der Waals surface area contributed by atoms with E-state index in [2.05, 4.69) is 15.9 Å². The quantitative estimate of drug-likeness (QED) is 0.913. The Bertz CT molecular complexity index is 406. The molecule has 0 aliphatic carbocycles. The van der Waals surface area contributed by atoms with Gasteiger partial charge in [-0.3, -0.25) is 4.79 Å². The van der Waals surface area contributed by atoms with E-state index < -0.39 is 0 Å². The summed E-state index contributed by atoms with van der Waals surface area (Å²) in [6, 6.07) is 1.47.